The zero-order valence-corrected chi connectivity index (χ0v) is 14.5. The van der Waals surface area contributed by atoms with E-state index in [-0.39, 0.29) is 0 Å². The Bertz CT molecular complexity index is 247. The van der Waals surface area contributed by atoms with E-state index in [1.54, 1.807) is 7.11 Å². The summed E-state index contributed by atoms with van der Waals surface area (Å²) >= 11 is 0. The van der Waals surface area contributed by atoms with Crippen molar-refractivity contribution < 1.29 is 31.2 Å². The highest BCUT2D eigenvalue weighted by Gasteiger charge is 2.22. The van der Waals surface area contributed by atoms with Crippen molar-refractivity contribution in [3.05, 3.63) is 0 Å². The summed E-state index contributed by atoms with van der Waals surface area (Å²) in [7, 11) is -0.0247. The molecule has 0 aliphatic rings. The largest absolute Gasteiger partial charge is 0.673 e. The van der Waals surface area contributed by atoms with Gasteiger partial charge >= 0.3 is 7.25 Å². The number of ether oxygens (including phenoxy) is 2. The molecule has 0 rings (SSSR count). The summed E-state index contributed by atoms with van der Waals surface area (Å²) in [4.78, 5) is 2.25. The molecule has 0 spiro atoms. The van der Waals surface area contributed by atoms with E-state index in [4.69, 9.17) is 9.47 Å². The van der Waals surface area contributed by atoms with Crippen LogP contribution in [0.5, 0.6) is 0 Å². The molecule has 0 unspecified atom stereocenters. The lowest BCUT2D eigenvalue weighted by atomic mass is 10.3. The zero-order chi connectivity index (χ0) is 17.6. The average Bonchev–Trinajstić information content (AvgIpc) is 2.40. The van der Waals surface area contributed by atoms with E-state index in [2.05, 4.69) is 32.8 Å². The van der Waals surface area contributed by atoms with Crippen LogP contribution < -0.4 is 0 Å². The lowest BCUT2D eigenvalue weighted by Crippen LogP contribution is -2.52. The van der Waals surface area contributed by atoms with Crippen LogP contribution in [0.15, 0.2) is 0 Å². The summed E-state index contributed by atoms with van der Waals surface area (Å²) in [6.07, 6.45) is 0. The van der Waals surface area contributed by atoms with Crippen LogP contribution in [0.4, 0.5) is 17.3 Å². The first kappa shape index (κ1) is 23.9. The zero-order valence-electron chi connectivity index (χ0n) is 14.5. The number of hydrogen-bond acceptors (Lipinski definition) is 3. The van der Waals surface area contributed by atoms with Crippen molar-refractivity contribution in [2.45, 2.75) is 13.8 Å². The summed E-state index contributed by atoms with van der Waals surface area (Å²) in [6, 6.07) is 0. The van der Waals surface area contributed by atoms with Gasteiger partial charge in [-0.05, 0) is 27.9 Å². The van der Waals surface area contributed by atoms with Gasteiger partial charge in [0.05, 0.1) is 39.5 Å². The molecule has 0 bridgehead atoms. The van der Waals surface area contributed by atoms with E-state index in [0.717, 1.165) is 24.2 Å². The number of halogens is 4. The Kier molecular flexibility index (Phi) is 14.2. The molecule has 0 aromatic rings. The second-order valence-corrected chi connectivity index (χ2v) is 5.32. The van der Waals surface area contributed by atoms with Crippen LogP contribution in [0.2, 0.25) is 0 Å². The molecule has 0 N–H and O–H groups in total. The molecule has 4 nitrogen and oxygen atoms in total. The van der Waals surface area contributed by atoms with Crippen LogP contribution in [0.1, 0.15) is 13.8 Å². The van der Waals surface area contributed by atoms with Crippen molar-refractivity contribution in [2.75, 3.05) is 73.7 Å². The topological polar surface area (TPSA) is 21.7 Å². The van der Waals surface area contributed by atoms with E-state index in [9.17, 15) is 17.3 Å². The summed E-state index contributed by atoms with van der Waals surface area (Å²) in [5.74, 6) is 0. The number of hydrogen-bond donors (Lipinski definition) is 0. The van der Waals surface area contributed by atoms with Gasteiger partial charge < -0.3 is 36.1 Å². The average molecular weight is 334 g/mol. The number of likely N-dealkylation sites (N-methyl/N-ethyl adjacent to an activating group) is 2. The third kappa shape index (κ3) is 17.7. The van der Waals surface area contributed by atoms with Crippen LogP contribution >= 0.6 is 0 Å². The first-order chi connectivity index (χ1) is 10.1. The molecule has 0 aliphatic heterocycles. The summed E-state index contributed by atoms with van der Waals surface area (Å²) < 4.78 is 50.7. The molecule has 0 saturated heterocycles. The fourth-order valence-corrected chi connectivity index (χ4v) is 1.88. The maximum atomic E-state index is 9.75. The molecule has 136 valence electrons. The molecule has 0 fully saturated rings. The monoisotopic (exact) mass is 334 g/mol. The second kappa shape index (κ2) is 13.1. The first-order valence-corrected chi connectivity index (χ1v) is 7.54. The van der Waals surface area contributed by atoms with Gasteiger partial charge in [0, 0.05) is 13.7 Å². The van der Waals surface area contributed by atoms with E-state index in [1.807, 2.05) is 0 Å². The van der Waals surface area contributed by atoms with Gasteiger partial charge in [-0.3, -0.25) is 0 Å². The molecule has 0 saturated carbocycles. The van der Waals surface area contributed by atoms with Crippen LogP contribution in [0, 0.1) is 0 Å². The molecule has 0 radical (unpaired) electrons. The predicted molar refractivity (Wildman–Crippen MR) is 82.5 cm³/mol. The van der Waals surface area contributed by atoms with Gasteiger partial charge in [-0.15, -0.1) is 0 Å². The van der Waals surface area contributed by atoms with Gasteiger partial charge in [-0.25, -0.2) is 0 Å². The Labute approximate surface area is 132 Å². The summed E-state index contributed by atoms with van der Waals surface area (Å²) in [5, 5.41) is 0. The minimum atomic E-state index is -6.00. The van der Waals surface area contributed by atoms with Crippen LogP contribution in [-0.2, 0) is 9.47 Å². The highest BCUT2D eigenvalue weighted by Crippen LogP contribution is 2.07. The number of quaternary nitrogens is 1. The molecule has 0 aromatic heterocycles. The van der Waals surface area contributed by atoms with Crippen molar-refractivity contribution in [2.24, 2.45) is 0 Å². The number of nitrogens with zero attached hydrogens (tertiary/aromatic N) is 2. The fourth-order valence-electron chi connectivity index (χ4n) is 1.88. The third-order valence-electron chi connectivity index (χ3n) is 3.50. The third-order valence-corrected chi connectivity index (χ3v) is 3.50. The highest BCUT2D eigenvalue weighted by molar-refractivity contribution is 6.50. The van der Waals surface area contributed by atoms with Crippen LogP contribution in [-0.4, -0.2) is 90.4 Å². The molecule has 0 atom stereocenters. The van der Waals surface area contributed by atoms with Gasteiger partial charge in [0.25, 0.3) is 0 Å². The van der Waals surface area contributed by atoms with Crippen molar-refractivity contribution in [1.29, 1.82) is 0 Å². The van der Waals surface area contributed by atoms with Gasteiger partial charge in [-0.1, -0.05) is 0 Å². The highest BCUT2D eigenvalue weighted by atomic mass is 19.5. The maximum absolute atomic E-state index is 9.75. The molecular formula is C13H31BF4N2O2. The van der Waals surface area contributed by atoms with Gasteiger partial charge in [0.1, 0.15) is 6.54 Å². The SMILES string of the molecule is CC[N+](CC)(CCOCCOC)CCN(C)C.F[B-](F)(F)F. The van der Waals surface area contributed by atoms with Crippen LogP contribution in [0.3, 0.4) is 0 Å². The normalized spacial score (nSPS) is 12.3. The van der Waals surface area contributed by atoms with Crippen molar-refractivity contribution in [1.82, 2.24) is 4.90 Å². The lowest BCUT2D eigenvalue weighted by molar-refractivity contribution is -0.924. The predicted octanol–water partition coefficient (Wildman–Crippen LogP) is 2.37. The minimum Gasteiger partial charge on any atom is -0.418 e. The smallest absolute Gasteiger partial charge is 0.418 e. The molecule has 0 aromatic carbocycles. The number of rotatable bonds is 11. The van der Waals surface area contributed by atoms with Gasteiger partial charge in [0.15, 0.2) is 0 Å². The Morgan fingerprint density at radius 1 is 0.909 bits per heavy atom. The Morgan fingerprint density at radius 2 is 1.41 bits per heavy atom. The Morgan fingerprint density at radius 3 is 1.77 bits per heavy atom. The van der Waals surface area contributed by atoms with Crippen molar-refractivity contribution in [3.63, 3.8) is 0 Å². The molecule has 0 amide bonds. The summed E-state index contributed by atoms with van der Waals surface area (Å²) in [6.45, 7) is 12.6. The van der Waals surface area contributed by atoms with Crippen LogP contribution in [0.25, 0.3) is 0 Å². The van der Waals surface area contributed by atoms with Gasteiger partial charge in [0.2, 0.25) is 0 Å². The quantitative estimate of drug-likeness (QED) is 0.251. The van der Waals surface area contributed by atoms with E-state index in [0.29, 0.717) is 13.2 Å². The first-order valence-electron chi connectivity index (χ1n) is 7.54. The minimum absolute atomic E-state index is 0.690. The lowest BCUT2D eigenvalue weighted by Gasteiger charge is -2.37. The Hall–Kier alpha value is -0.375. The van der Waals surface area contributed by atoms with Crippen molar-refractivity contribution >= 4 is 7.25 Å². The fraction of sp³-hybridized carbons (Fsp3) is 1.00. The van der Waals surface area contributed by atoms with E-state index < -0.39 is 7.25 Å². The second-order valence-electron chi connectivity index (χ2n) is 5.32. The molecule has 22 heavy (non-hydrogen) atoms. The van der Waals surface area contributed by atoms with Gasteiger partial charge in [-0.2, -0.15) is 0 Å². The molecule has 0 aliphatic carbocycles. The molecule has 9 heteroatoms. The standard InChI is InChI=1S/C13H31N2O2.BF4/c1-6-15(7-2,9-8-14(3)4)10-11-17-13-12-16-5;2-1(3,4)5/h6-13H2,1-5H3;/q+1;-1. The summed E-state index contributed by atoms with van der Waals surface area (Å²) in [5.41, 5.74) is 0. The molecular weight excluding hydrogens is 303 g/mol. The van der Waals surface area contributed by atoms with Crippen molar-refractivity contribution in [3.8, 4) is 0 Å². The Balaban J connectivity index is 0. The van der Waals surface area contributed by atoms with E-state index >= 15 is 0 Å². The van der Waals surface area contributed by atoms with E-state index in [1.165, 1.54) is 19.6 Å². The maximum Gasteiger partial charge on any atom is 0.673 e. The number of methoxy groups -OCH3 is 1. The molecule has 0 heterocycles.